The van der Waals surface area contributed by atoms with Crippen LogP contribution >= 0.6 is 0 Å². The van der Waals surface area contributed by atoms with E-state index in [1.165, 1.54) is 0 Å². The van der Waals surface area contributed by atoms with Gasteiger partial charge in [-0.25, -0.2) is 0 Å². The monoisotopic (exact) mass is 221 g/mol. The lowest BCUT2D eigenvalue weighted by Crippen LogP contribution is -2.51. The second kappa shape index (κ2) is 3.58. The van der Waals surface area contributed by atoms with Gasteiger partial charge in [0, 0.05) is 17.3 Å². The third-order valence-electron chi connectivity index (χ3n) is 4.44. The molecule has 3 rings (SSSR count). The van der Waals surface area contributed by atoms with E-state index in [2.05, 4.69) is 4.98 Å². The molecule has 0 amide bonds. The minimum atomic E-state index is -0.296. The number of hydrogen-bond acceptors (Lipinski definition) is 3. The molecule has 3 aliphatic carbocycles. The molecule has 0 aromatic carbocycles. The van der Waals surface area contributed by atoms with Crippen LogP contribution in [0.25, 0.3) is 4.98 Å². The zero-order chi connectivity index (χ0) is 11.9. The number of ketones is 1. The number of rotatable bonds is 1. The Balaban J connectivity index is 2.31. The molecule has 1 N–H and O–H groups in total. The Hall–Kier alpha value is -1.37. The fourth-order valence-electron chi connectivity index (χ4n) is 3.47. The van der Waals surface area contributed by atoms with Gasteiger partial charge in [0.1, 0.15) is 5.78 Å². The molecule has 16 heavy (non-hydrogen) atoms. The van der Waals surface area contributed by atoms with E-state index < -0.39 is 0 Å². The topological polar surface area (TPSA) is 65.4 Å². The van der Waals surface area contributed by atoms with E-state index in [-0.39, 0.29) is 28.9 Å². The molecule has 4 atom stereocenters. The summed E-state index contributed by atoms with van der Waals surface area (Å²) in [6, 6.07) is 0. The van der Waals surface area contributed by atoms with Crippen molar-refractivity contribution in [2.24, 2.45) is 23.2 Å². The smallest absolute Gasteiger partial charge is 0.387 e. The van der Waals surface area contributed by atoms with E-state index in [0.29, 0.717) is 12.2 Å². The number of hydrogen-bond donors (Lipinski definition) is 1. The lowest BCUT2D eigenvalue weighted by Gasteiger charge is -2.50. The number of nitrogens with zero attached hydrogens (tertiary/aromatic N) is 2. The number of carbonyl (C=O) groups excluding carboxylic acids is 1. The van der Waals surface area contributed by atoms with Crippen molar-refractivity contribution in [2.75, 3.05) is 0 Å². The Bertz CT molecular complexity index is 396. The molecule has 3 fully saturated rings. The van der Waals surface area contributed by atoms with Crippen LogP contribution in [0.3, 0.4) is 0 Å². The van der Waals surface area contributed by atoms with Crippen LogP contribution in [-0.2, 0) is 4.79 Å². The van der Waals surface area contributed by atoms with Crippen molar-refractivity contribution in [3.63, 3.8) is 0 Å². The zero-order valence-electron chi connectivity index (χ0n) is 9.68. The third-order valence-corrected chi connectivity index (χ3v) is 4.44. The van der Waals surface area contributed by atoms with E-state index >= 15 is 0 Å². The van der Waals surface area contributed by atoms with Crippen LogP contribution < -0.4 is 0 Å². The highest BCUT2D eigenvalue weighted by atomic mass is 16.3. The molecular weight excluding hydrogens is 204 g/mol. The standard InChI is InChI=1S/C12H16N2O2/c1-7-8-3-4-12(2,11(7)16)5-9(8)10(15)6-14-13/h6-9H,3-5H2,1-2H3/p+1/b10-6+/t7-,8+,9+,12+/m0/s1. The van der Waals surface area contributed by atoms with E-state index in [1.807, 2.05) is 13.8 Å². The highest BCUT2D eigenvalue weighted by Crippen LogP contribution is 2.54. The maximum absolute atomic E-state index is 12.1. The van der Waals surface area contributed by atoms with Gasteiger partial charge in [-0.2, -0.15) is 0 Å². The van der Waals surface area contributed by atoms with E-state index in [1.54, 1.807) is 0 Å². The molecule has 4 nitrogen and oxygen atoms in total. The van der Waals surface area contributed by atoms with Gasteiger partial charge in [-0.05, 0) is 25.2 Å². The minimum Gasteiger partial charge on any atom is -0.505 e. The van der Waals surface area contributed by atoms with Crippen molar-refractivity contribution in [1.82, 2.24) is 0 Å². The average molecular weight is 221 g/mol. The molecule has 0 aromatic rings. The molecule has 0 saturated heterocycles. The summed E-state index contributed by atoms with van der Waals surface area (Å²) >= 11 is 0. The van der Waals surface area contributed by atoms with Gasteiger partial charge in [-0.1, -0.05) is 13.8 Å². The number of allylic oxidation sites excluding steroid dienone is 1. The Morgan fingerprint density at radius 3 is 2.94 bits per heavy atom. The summed E-state index contributed by atoms with van der Waals surface area (Å²) in [6.07, 6.45) is 3.66. The van der Waals surface area contributed by atoms with Gasteiger partial charge >= 0.3 is 6.20 Å². The summed E-state index contributed by atoms with van der Waals surface area (Å²) in [7, 11) is 0. The van der Waals surface area contributed by atoms with Crippen molar-refractivity contribution >= 4 is 5.78 Å². The largest absolute Gasteiger partial charge is 0.505 e. The number of diazo groups is 1. The highest BCUT2D eigenvalue weighted by Gasteiger charge is 2.54. The first-order chi connectivity index (χ1) is 7.49. The van der Waals surface area contributed by atoms with Crippen LogP contribution in [-0.4, -0.2) is 10.9 Å². The molecular formula is C12H17N2O2+. The maximum atomic E-state index is 12.1. The van der Waals surface area contributed by atoms with Gasteiger partial charge < -0.3 is 5.11 Å². The Kier molecular flexibility index (Phi) is 2.49. The van der Waals surface area contributed by atoms with Crippen molar-refractivity contribution in [1.29, 1.82) is 5.39 Å². The van der Waals surface area contributed by atoms with Gasteiger partial charge in [0.15, 0.2) is 10.7 Å². The molecule has 0 aromatic heterocycles. The van der Waals surface area contributed by atoms with Crippen LogP contribution in [0.15, 0.2) is 12.0 Å². The second-order valence-electron chi connectivity index (χ2n) is 5.40. The third kappa shape index (κ3) is 1.42. The SMILES string of the molecule is C[C@@H]1C(=O)[C@]2(C)CC[C@H]1[C@H](/C(O)=C\[N+]#N)C2. The molecule has 0 aliphatic heterocycles. The van der Waals surface area contributed by atoms with Crippen LogP contribution in [0.1, 0.15) is 33.1 Å². The summed E-state index contributed by atoms with van der Waals surface area (Å²) in [6.45, 7) is 3.93. The quantitative estimate of drug-likeness (QED) is 0.547. The predicted molar refractivity (Wildman–Crippen MR) is 58.9 cm³/mol. The van der Waals surface area contributed by atoms with Crippen molar-refractivity contribution in [2.45, 2.75) is 33.1 Å². The first-order valence-electron chi connectivity index (χ1n) is 5.77. The molecule has 0 heterocycles. The lowest BCUT2D eigenvalue weighted by atomic mass is 9.52. The Morgan fingerprint density at radius 1 is 1.69 bits per heavy atom. The molecule has 3 saturated carbocycles. The van der Waals surface area contributed by atoms with Crippen LogP contribution in [0.4, 0.5) is 0 Å². The Morgan fingerprint density at radius 2 is 2.38 bits per heavy atom. The number of fused-ring (bicyclic) bond motifs is 3. The van der Waals surface area contributed by atoms with Crippen molar-refractivity contribution in [3.05, 3.63) is 16.9 Å². The molecule has 2 bridgehead atoms. The van der Waals surface area contributed by atoms with E-state index in [9.17, 15) is 9.90 Å². The van der Waals surface area contributed by atoms with Gasteiger partial charge in [0.05, 0.1) is 0 Å². The van der Waals surface area contributed by atoms with E-state index in [0.717, 1.165) is 19.0 Å². The fraction of sp³-hybridized carbons (Fsp3) is 0.750. The molecule has 0 radical (unpaired) electrons. The van der Waals surface area contributed by atoms with Crippen LogP contribution in [0.5, 0.6) is 0 Å². The van der Waals surface area contributed by atoms with Gasteiger partial charge in [-0.15, -0.1) is 0 Å². The summed E-state index contributed by atoms with van der Waals surface area (Å²) in [5, 5.41) is 18.3. The normalized spacial score (nSPS) is 43.2. The highest BCUT2D eigenvalue weighted by molar-refractivity contribution is 5.88. The molecule has 86 valence electrons. The predicted octanol–water partition coefficient (Wildman–Crippen LogP) is 2.88. The van der Waals surface area contributed by atoms with Gasteiger partial charge in [-0.3, -0.25) is 4.79 Å². The summed E-state index contributed by atoms with van der Waals surface area (Å²) < 4.78 is 0. The zero-order valence-corrected chi connectivity index (χ0v) is 9.68. The summed E-state index contributed by atoms with van der Waals surface area (Å²) in [5.41, 5.74) is -0.296. The number of carbonyl (C=O) groups is 1. The first kappa shape index (κ1) is 11.1. The Labute approximate surface area is 95.0 Å². The van der Waals surface area contributed by atoms with Crippen LogP contribution in [0.2, 0.25) is 0 Å². The molecule has 3 aliphatic rings. The van der Waals surface area contributed by atoms with Gasteiger partial charge in [0.25, 0.3) is 0 Å². The number of aliphatic hydroxyl groups is 1. The molecule has 4 heteroatoms. The average Bonchev–Trinajstić information content (AvgIpc) is 2.25. The number of aliphatic hydroxyl groups excluding tert-OH is 1. The van der Waals surface area contributed by atoms with Gasteiger partial charge in [0.2, 0.25) is 5.39 Å². The molecule has 0 unspecified atom stereocenters. The van der Waals surface area contributed by atoms with Crippen molar-refractivity contribution < 1.29 is 9.90 Å². The summed E-state index contributed by atoms with van der Waals surface area (Å²) in [4.78, 5) is 14.9. The van der Waals surface area contributed by atoms with Crippen LogP contribution in [0, 0.1) is 28.6 Å². The van der Waals surface area contributed by atoms with E-state index in [4.69, 9.17) is 5.39 Å². The maximum Gasteiger partial charge on any atom is 0.387 e. The fourth-order valence-corrected chi connectivity index (χ4v) is 3.47. The summed E-state index contributed by atoms with van der Waals surface area (Å²) in [5.74, 6) is 0.618. The second-order valence-corrected chi connectivity index (χ2v) is 5.40. The first-order valence-corrected chi connectivity index (χ1v) is 5.77. The minimum absolute atomic E-state index is 0.00624. The number of Topliss-reactive ketones (excluding diaryl/α,β-unsaturated/α-hetero) is 1. The lowest BCUT2D eigenvalue weighted by molar-refractivity contribution is -0.147. The van der Waals surface area contributed by atoms with Crippen molar-refractivity contribution in [3.8, 4) is 0 Å². The molecule has 0 spiro atoms.